The quantitative estimate of drug-likeness (QED) is 0.128. The third kappa shape index (κ3) is 6.34. The second-order valence-electron chi connectivity index (χ2n) is 12.0. The predicted octanol–water partition coefficient (Wildman–Crippen LogP) is 1.20. The minimum absolute atomic E-state index is 0.0678. The minimum atomic E-state index is -0.861. The van der Waals surface area contributed by atoms with Crippen LogP contribution in [0.15, 0.2) is 64.0 Å². The Morgan fingerprint density at radius 2 is 1.80 bits per heavy atom. The predicted molar refractivity (Wildman–Crippen MR) is 168 cm³/mol. The van der Waals surface area contributed by atoms with Crippen molar-refractivity contribution in [1.29, 1.82) is 0 Å². The number of rotatable bonds is 11. The molecule has 4 aliphatic rings. The molecular formula is C33H42N6O5. The molecule has 2 saturated heterocycles. The summed E-state index contributed by atoms with van der Waals surface area (Å²) in [6, 6.07) is 3.16. The van der Waals surface area contributed by atoms with Gasteiger partial charge in [-0.2, -0.15) is 0 Å². The van der Waals surface area contributed by atoms with Crippen LogP contribution in [-0.2, 0) is 14.4 Å². The standard InChI is InChI=1S/C33H42N6O5/c1-19-12-20(2)30(21(3)13-19)44-18-23(41)16-35-27(6-9-34-4)26(17-40)31-36-28-14-24-25(15-29(28)37-31)33(43)39(32(24)42)22-7-10-38(5)11-8-22/h6,9,12-15,17,22-23,28-29,34-35,41H,7-8,10-11,16,18H2,1-5H3,(H,36,37)/b9-6-,27-26-/t23-,28?,29?/m1/s1. The molecule has 1 aliphatic carbocycles. The largest absolute Gasteiger partial charge is 0.490 e. The molecule has 2 amide bonds. The molecule has 0 radical (unpaired) electrons. The number of amidine groups is 1. The maximum atomic E-state index is 13.4. The zero-order valence-corrected chi connectivity index (χ0v) is 26.0. The third-order valence-corrected chi connectivity index (χ3v) is 8.51. The first-order valence-corrected chi connectivity index (χ1v) is 15.1. The molecule has 5 rings (SSSR count). The Labute approximate surface area is 258 Å². The number of imide groups is 1. The number of nitrogens with one attached hydrogen (secondary N) is 3. The Hall–Kier alpha value is -4.22. The number of aliphatic imine (C=N–C) groups is 1. The highest BCUT2D eigenvalue weighted by Gasteiger charge is 2.46. The van der Waals surface area contributed by atoms with Crippen molar-refractivity contribution in [3.8, 4) is 5.75 Å². The summed E-state index contributed by atoms with van der Waals surface area (Å²) in [6.45, 7) is 7.85. The van der Waals surface area contributed by atoms with E-state index in [4.69, 9.17) is 9.73 Å². The summed E-state index contributed by atoms with van der Waals surface area (Å²) in [7, 11) is 3.78. The van der Waals surface area contributed by atoms with Gasteiger partial charge in [0.2, 0.25) is 0 Å². The smallest absolute Gasteiger partial charge is 0.261 e. The SMILES string of the molecule is CN/C=C\C(NC[C@@H](O)COc1c(C)cc(C)cc1C)=C(/C=O)C1=NC2C=C3C(=O)N(C4CCN(C)CC4)C(=O)C3=CC2N1. The van der Waals surface area contributed by atoms with Gasteiger partial charge in [-0.3, -0.25) is 24.3 Å². The van der Waals surface area contributed by atoms with Crippen molar-refractivity contribution in [2.24, 2.45) is 4.99 Å². The maximum Gasteiger partial charge on any atom is 0.261 e. The molecule has 3 aliphatic heterocycles. The van der Waals surface area contributed by atoms with Crippen LogP contribution in [-0.4, -0.2) is 103 Å². The molecule has 3 atom stereocenters. The van der Waals surface area contributed by atoms with Gasteiger partial charge in [0.05, 0.1) is 28.8 Å². The molecular weight excluding hydrogens is 560 g/mol. The molecule has 1 aromatic carbocycles. The summed E-state index contributed by atoms with van der Waals surface area (Å²) in [5, 5.41) is 20.1. The summed E-state index contributed by atoms with van der Waals surface area (Å²) >= 11 is 0. The molecule has 44 heavy (non-hydrogen) atoms. The number of allylic oxidation sites excluding steroid dienone is 1. The molecule has 0 saturated carbocycles. The highest BCUT2D eigenvalue weighted by molar-refractivity contribution is 6.25. The number of aryl methyl sites for hydroxylation is 3. The Bertz CT molecular complexity index is 1460. The molecule has 11 heteroatoms. The van der Waals surface area contributed by atoms with Crippen LogP contribution in [0.3, 0.4) is 0 Å². The number of hydrogen-bond donors (Lipinski definition) is 4. The molecule has 0 aromatic heterocycles. The number of hydrogen-bond acceptors (Lipinski definition) is 10. The van der Waals surface area contributed by atoms with Gasteiger partial charge in [0, 0.05) is 25.3 Å². The molecule has 1 aromatic rings. The van der Waals surface area contributed by atoms with Gasteiger partial charge in [-0.25, -0.2) is 0 Å². The van der Waals surface area contributed by atoms with Gasteiger partial charge in [-0.15, -0.1) is 0 Å². The van der Waals surface area contributed by atoms with Crippen molar-refractivity contribution in [3.63, 3.8) is 0 Å². The average molecular weight is 603 g/mol. The number of aliphatic hydroxyl groups excluding tert-OH is 1. The maximum absolute atomic E-state index is 13.4. The molecule has 3 heterocycles. The summed E-state index contributed by atoms with van der Waals surface area (Å²) in [5.74, 6) is 0.564. The van der Waals surface area contributed by atoms with E-state index in [1.807, 2.05) is 40.0 Å². The van der Waals surface area contributed by atoms with Crippen LogP contribution in [0.25, 0.3) is 0 Å². The van der Waals surface area contributed by atoms with E-state index >= 15 is 0 Å². The average Bonchev–Trinajstić information content (AvgIpc) is 3.50. The van der Waals surface area contributed by atoms with Gasteiger partial charge < -0.3 is 30.7 Å². The summed E-state index contributed by atoms with van der Waals surface area (Å²) < 4.78 is 5.94. The number of aldehydes is 1. The Kier molecular flexibility index (Phi) is 9.36. The van der Waals surface area contributed by atoms with Gasteiger partial charge in [0.25, 0.3) is 11.8 Å². The first-order valence-electron chi connectivity index (χ1n) is 15.1. The fraction of sp³-hybridized carbons (Fsp3) is 0.455. The zero-order valence-electron chi connectivity index (χ0n) is 26.0. The van der Waals surface area contributed by atoms with E-state index in [1.165, 1.54) is 4.90 Å². The summed E-state index contributed by atoms with van der Waals surface area (Å²) in [6.07, 6.45) is 8.22. The van der Waals surface area contributed by atoms with E-state index in [-0.39, 0.29) is 42.6 Å². The first kappa shape index (κ1) is 31.2. The number of carbonyl (C=O) groups is 3. The lowest BCUT2D eigenvalue weighted by Crippen LogP contribution is -2.46. The Balaban J connectivity index is 1.30. The van der Waals surface area contributed by atoms with Crippen molar-refractivity contribution < 1.29 is 24.2 Å². The molecule has 2 unspecified atom stereocenters. The van der Waals surface area contributed by atoms with Gasteiger partial charge in [-0.1, -0.05) is 17.7 Å². The molecule has 4 N–H and O–H groups in total. The van der Waals surface area contributed by atoms with E-state index in [2.05, 4.69) is 20.9 Å². The second-order valence-corrected chi connectivity index (χ2v) is 12.0. The van der Waals surface area contributed by atoms with Crippen molar-refractivity contribution >= 4 is 23.9 Å². The monoisotopic (exact) mass is 602 g/mol. The number of ether oxygens (including phenoxy) is 1. The van der Waals surface area contributed by atoms with E-state index in [1.54, 1.807) is 31.5 Å². The number of nitrogens with zero attached hydrogens (tertiary/aromatic N) is 3. The zero-order chi connectivity index (χ0) is 31.5. The lowest BCUT2D eigenvalue weighted by Gasteiger charge is -2.33. The lowest BCUT2D eigenvalue weighted by molar-refractivity contribution is -0.140. The molecule has 0 bridgehead atoms. The van der Waals surface area contributed by atoms with Gasteiger partial charge >= 0.3 is 0 Å². The Morgan fingerprint density at radius 3 is 2.43 bits per heavy atom. The fourth-order valence-electron chi connectivity index (χ4n) is 6.30. The number of fused-ring (bicyclic) bond motifs is 2. The lowest BCUT2D eigenvalue weighted by atomic mass is 9.94. The fourth-order valence-corrected chi connectivity index (χ4v) is 6.30. The molecule has 2 fully saturated rings. The van der Waals surface area contributed by atoms with E-state index < -0.39 is 12.1 Å². The van der Waals surface area contributed by atoms with Crippen LogP contribution < -0.4 is 20.7 Å². The summed E-state index contributed by atoms with van der Waals surface area (Å²) in [4.78, 5) is 47.5. The molecule has 0 spiro atoms. The van der Waals surface area contributed by atoms with Crippen molar-refractivity contribution in [1.82, 2.24) is 25.8 Å². The minimum Gasteiger partial charge on any atom is -0.490 e. The van der Waals surface area contributed by atoms with Crippen LogP contribution in [0.5, 0.6) is 5.75 Å². The van der Waals surface area contributed by atoms with Crippen molar-refractivity contribution in [3.05, 3.63) is 75.7 Å². The molecule has 234 valence electrons. The van der Waals surface area contributed by atoms with Gasteiger partial charge in [0.1, 0.15) is 24.3 Å². The molecule has 11 nitrogen and oxygen atoms in total. The Morgan fingerprint density at radius 1 is 1.14 bits per heavy atom. The number of aliphatic hydroxyl groups is 1. The summed E-state index contributed by atoms with van der Waals surface area (Å²) in [5.41, 5.74) is 4.64. The van der Waals surface area contributed by atoms with Crippen LogP contribution in [0, 0.1) is 20.8 Å². The third-order valence-electron chi connectivity index (χ3n) is 8.51. The number of carbonyl (C=O) groups excluding carboxylic acids is 3. The topological polar surface area (TPSA) is 136 Å². The van der Waals surface area contributed by atoms with Gasteiger partial charge in [0.15, 0.2) is 6.29 Å². The van der Waals surface area contributed by atoms with Crippen LogP contribution in [0.4, 0.5) is 0 Å². The van der Waals surface area contributed by atoms with E-state index in [9.17, 15) is 19.5 Å². The van der Waals surface area contributed by atoms with Crippen LogP contribution in [0.2, 0.25) is 0 Å². The van der Waals surface area contributed by atoms with E-state index in [0.717, 1.165) is 48.4 Å². The van der Waals surface area contributed by atoms with Crippen molar-refractivity contribution in [2.75, 3.05) is 40.3 Å². The number of amides is 2. The number of piperidine rings is 1. The normalized spacial score (nSPS) is 23.3. The number of likely N-dealkylation sites (tertiary alicyclic amines) is 2. The van der Waals surface area contributed by atoms with Gasteiger partial charge in [-0.05, 0) is 89.3 Å². The van der Waals surface area contributed by atoms with Crippen LogP contribution >= 0.6 is 0 Å². The highest BCUT2D eigenvalue weighted by atomic mass is 16.5. The highest BCUT2D eigenvalue weighted by Crippen LogP contribution is 2.35. The van der Waals surface area contributed by atoms with Crippen LogP contribution in [0.1, 0.15) is 29.5 Å². The van der Waals surface area contributed by atoms with E-state index in [0.29, 0.717) is 29.0 Å². The second kappa shape index (κ2) is 13.2. The van der Waals surface area contributed by atoms with Crippen molar-refractivity contribution in [2.45, 2.75) is 57.8 Å². The first-order chi connectivity index (χ1) is 21.1. The number of benzene rings is 1.